The summed E-state index contributed by atoms with van der Waals surface area (Å²) in [5, 5.41) is 21.1. The third-order valence-corrected chi connectivity index (χ3v) is 18.1. The van der Waals surface area contributed by atoms with Gasteiger partial charge in [-0.15, -0.1) is 11.8 Å². The second-order valence-corrected chi connectivity index (χ2v) is 23.7. The number of rotatable bonds is 19. The van der Waals surface area contributed by atoms with E-state index < -0.39 is 41.1 Å². The maximum Gasteiger partial charge on any atom is 0.501 e. The Morgan fingerprint density at radius 2 is 1.45 bits per heavy atom. The molecule has 19 heteroatoms. The molecule has 3 heterocycles. The number of alkyl halides is 3. The van der Waals surface area contributed by atoms with E-state index in [1.807, 2.05) is 73.7 Å². The Kier molecular flexibility index (Phi) is 16.9. The summed E-state index contributed by atoms with van der Waals surface area (Å²) < 4.78 is 102. The van der Waals surface area contributed by atoms with Gasteiger partial charge in [-0.25, -0.2) is 21.6 Å². The number of nitrogens with one attached hydrogen (secondary N) is 1. The van der Waals surface area contributed by atoms with Crippen LogP contribution in [-0.2, 0) is 32.8 Å². The molecule has 2 aliphatic rings. The molecule has 3 N–H and O–H groups in total. The molecule has 73 heavy (non-hydrogen) atoms. The number of aromatic nitrogens is 1. The van der Waals surface area contributed by atoms with Gasteiger partial charge in [0.05, 0.1) is 27.2 Å². The van der Waals surface area contributed by atoms with E-state index >= 15 is 0 Å². The zero-order valence-electron chi connectivity index (χ0n) is 40.6. The van der Waals surface area contributed by atoms with E-state index in [2.05, 4.69) is 30.9 Å². The minimum Gasteiger partial charge on any atom is -0.478 e. The SMILES string of the molecule is CCCn1c(C)c(C(=O)O)c(-c2cccc(N3CCN(c4ccc(NS(=O)(=O)c5ccc(C[C@H](CCN6CCC(O)CC6)CSc6ccccc6)c(S(=O)(=O)C(F)(F)F)c5)cc4)CC3)c2)c1-c1ccc(Cl)cc1. The molecule has 0 saturated carbocycles. The fourth-order valence-electron chi connectivity index (χ4n) is 9.77. The molecule has 388 valence electrons. The second kappa shape index (κ2) is 22.9. The van der Waals surface area contributed by atoms with Crippen molar-refractivity contribution < 1.29 is 45.0 Å². The number of aromatic carboxylic acids is 1. The van der Waals surface area contributed by atoms with Crippen LogP contribution in [0.25, 0.3) is 22.4 Å². The zero-order chi connectivity index (χ0) is 52.1. The number of aliphatic hydroxyl groups is 1. The average Bonchev–Trinajstić information content (AvgIpc) is 3.67. The first-order valence-corrected chi connectivity index (χ1v) is 28.6. The number of halogens is 4. The Morgan fingerprint density at radius 1 is 0.795 bits per heavy atom. The van der Waals surface area contributed by atoms with Gasteiger partial charge < -0.3 is 29.5 Å². The number of piperidine rings is 1. The van der Waals surface area contributed by atoms with Crippen molar-refractivity contribution in [2.45, 2.75) is 78.8 Å². The fourth-order valence-corrected chi connectivity index (χ4v) is 13.1. The van der Waals surface area contributed by atoms with Crippen LogP contribution >= 0.6 is 23.4 Å². The molecule has 5 aromatic carbocycles. The molecule has 0 unspecified atom stereocenters. The minimum atomic E-state index is -5.97. The maximum atomic E-state index is 14.3. The van der Waals surface area contributed by atoms with Crippen LogP contribution in [0.5, 0.6) is 0 Å². The molecule has 0 spiro atoms. The highest BCUT2D eigenvalue weighted by molar-refractivity contribution is 7.99. The number of carbonyl (C=O) groups is 1. The van der Waals surface area contributed by atoms with Crippen molar-refractivity contribution in [1.29, 1.82) is 0 Å². The molecule has 2 fully saturated rings. The molecule has 0 radical (unpaired) electrons. The summed E-state index contributed by atoms with van der Waals surface area (Å²) in [7, 11) is -10.5. The lowest BCUT2D eigenvalue weighted by molar-refractivity contribution is -0.0436. The van der Waals surface area contributed by atoms with Crippen molar-refractivity contribution in [1.82, 2.24) is 9.47 Å². The highest BCUT2D eigenvalue weighted by Crippen LogP contribution is 2.42. The summed E-state index contributed by atoms with van der Waals surface area (Å²) in [4.78, 5) is 18.7. The van der Waals surface area contributed by atoms with Crippen LogP contribution in [0.3, 0.4) is 0 Å². The van der Waals surface area contributed by atoms with Gasteiger partial charge >= 0.3 is 11.5 Å². The van der Waals surface area contributed by atoms with Crippen molar-refractivity contribution in [3.05, 3.63) is 143 Å². The molecule has 2 aliphatic heterocycles. The molecule has 1 atom stereocenters. The molecular formula is C54H59ClF3N5O7S3. The molecule has 2 saturated heterocycles. The number of aliphatic hydroxyl groups excluding tert-OH is 1. The van der Waals surface area contributed by atoms with Crippen LogP contribution in [0, 0.1) is 12.8 Å². The van der Waals surface area contributed by atoms with Gasteiger partial charge in [-0.1, -0.05) is 67.1 Å². The van der Waals surface area contributed by atoms with E-state index in [1.54, 1.807) is 36.4 Å². The van der Waals surface area contributed by atoms with Crippen LogP contribution in [0.15, 0.2) is 136 Å². The van der Waals surface area contributed by atoms with Gasteiger partial charge in [-0.05, 0) is 141 Å². The molecule has 6 aromatic rings. The third kappa shape index (κ3) is 12.5. The number of carboxylic acid groups (broad SMARTS) is 1. The van der Waals surface area contributed by atoms with Gasteiger partial charge in [0.25, 0.3) is 19.9 Å². The molecule has 8 rings (SSSR count). The Morgan fingerprint density at radius 3 is 2.08 bits per heavy atom. The fraction of sp³-hybridized carbons (Fsp3) is 0.352. The van der Waals surface area contributed by atoms with Crippen molar-refractivity contribution in [3.63, 3.8) is 0 Å². The Labute approximate surface area is 434 Å². The summed E-state index contributed by atoms with van der Waals surface area (Å²) in [5.74, 6) is -0.798. The number of benzene rings is 5. The molecule has 0 bridgehead atoms. The number of sulfone groups is 1. The summed E-state index contributed by atoms with van der Waals surface area (Å²) >= 11 is 7.77. The van der Waals surface area contributed by atoms with E-state index in [4.69, 9.17) is 11.6 Å². The molecule has 1 aromatic heterocycles. The normalized spacial score (nSPS) is 15.7. The minimum absolute atomic E-state index is 0.0377. The molecular weight excluding hydrogens is 1020 g/mol. The molecule has 0 amide bonds. The standard InChI is InChI=1S/C54H59ClF3N5O7S3/c1-3-25-63-37(2)50(53(65)66)51(52(63)39-12-15-42(55)16-13-39)41-8-7-9-45(34-41)62-31-29-61(30-32-62)44-19-17-43(18-20-44)59-73(69,70)48-21-14-40(49(35-48)72(67,68)54(56,57)58)33-38(36-71-47-10-5-4-6-11-47)22-26-60-27-23-46(64)24-28-60/h4-21,34-35,38,46,59,64H,3,22-33,36H2,1-2H3,(H,65,66)/t38-/m0/s1. The monoisotopic (exact) mass is 1080 g/mol. The van der Waals surface area contributed by atoms with Crippen LogP contribution in [0.4, 0.5) is 30.2 Å². The van der Waals surface area contributed by atoms with E-state index in [9.17, 15) is 45.0 Å². The maximum absolute atomic E-state index is 14.3. The van der Waals surface area contributed by atoms with Gasteiger partial charge in [0.2, 0.25) is 0 Å². The van der Waals surface area contributed by atoms with Gasteiger partial charge in [-0.2, -0.15) is 13.2 Å². The third-order valence-electron chi connectivity index (χ3n) is 13.7. The van der Waals surface area contributed by atoms with Crippen molar-refractivity contribution >= 4 is 66.3 Å². The lowest BCUT2D eigenvalue weighted by Gasteiger charge is -2.37. The first-order valence-electron chi connectivity index (χ1n) is 24.3. The lowest BCUT2D eigenvalue weighted by Crippen LogP contribution is -2.46. The highest BCUT2D eigenvalue weighted by Gasteiger charge is 2.48. The van der Waals surface area contributed by atoms with Crippen LogP contribution in [-0.4, -0.2) is 106 Å². The second-order valence-electron chi connectivity index (χ2n) is 18.6. The van der Waals surface area contributed by atoms with Gasteiger partial charge in [0.15, 0.2) is 0 Å². The zero-order valence-corrected chi connectivity index (χ0v) is 43.8. The lowest BCUT2D eigenvalue weighted by atomic mass is 9.96. The van der Waals surface area contributed by atoms with E-state index in [1.165, 1.54) is 17.8 Å². The quantitative estimate of drug-likeness (QED) is 0.0665. The molecule has 12 nitrogen and oxygen atoms in total. The number of piperazine rings is 1. The highest BCUT2D eigenvalue weighted by atomic mass is 35.5. The average molecular weight is 1080 g/mol. The first-order chi connectivity index (χ1) is 34.8. The predicted molar refractivity (Wildman–Crippen MR) is 284 cm³/mol. The number of sulfonamides is 1. The molecule has 0 aliphatic carbocycles. The summed E-state index contributed by atoms with van der Waals surface area (Å²) in [6, 6.07) is 34.3. The summed E-state index contributed by atoms with van der Waals surface area (Å²) in [5.41, 5.74) is 0.0802. The van der Waals surface area contributed by atoms with Crippen LogP contribution < -0.4 is 14.5 Å². The summed E-state index contributed by atoms with van der Waals surface area (Å²) in [6.45, 7) is 8.94. The smallest absolute Gasteiger partial charge is 0.478 e. The number of nitrogens with zero attached hydrogens (tertiary/aromatic N) is 4. The number of hydrogen-bond donors (Lipinski definition) is 3. The predicted octanol–water partition coefficient (Wildman–Crippen LogP) is 11.1. The van der Waals surface area contributed by atoms with Crippen LogP contribution in [0.2, 0.25) is 5.02 Å². The number of carboxylic acids is 1. The van der Waals surface area contributed by atoms with Crippen LogP contribution in [0.1, 0.15) is 54.2 Å². The Hall–Kier alpha value is -5.50. The number of likely N-dealkylation sites (tertiary alicyclic amines) is 1. The Bertz CT molecular complexity index is 3110. The first kappa shape index (κ1) is 53.8. The van der Waals surface area contributed by atoms with Gasteiger partial charge in [-0.3, -0.25) is 4.72 Å². The topological polar surface area (TPSA) is 152 Å². The van der Waals surface area contributed by atoms with Gasteiger partial charge in [0, 0.05) is 89.8 Å². The van der Waals surface area contributed by atoms with Gasteiger partial charge in [0.1, 0.15) is 0 Å². The number of hydrogen-bond acceptors (Lipinski definition) is 10. The van der Waals surface area contributed by atoms with Crippen molar-refractivity contribution in [2.75, 3.05) is 66.1 Å². The van der Waals surface area contributed by atoms with E-state index in [0.29, 0.717) is 99.7 Å². The van der Waals surface area contributed by atoms with E-state index in [0.717, 1.165) is 45.6 Å². The van der Waals surface area contributed by atoms with Crippen molar-refractivity contribution in [3.8, 4) is 22.4 Å². The summed E-state index contributed by atoms with van der Waals surface area (Å²) in [6.07, 6.45) is 2.17. The largest absolute Gasteiger partial charge is 0.501 e. The van der Waals surface area contributed by atoms with E-state index in [-0.39, 0.29) is 35.3 Å². The number of anilines is 3. The van der Waals surface area contributed by atoms with Crippen molar-refractivity contribution in [2.24, 2.45) is 5.92 Å². The Balaban J connectivity index is 0.967. The number of thioether (sulfide) groups is 1.